The number of nitrogens with one attached hydrogen (secondary N) is 1. The Morgan fingerprint density at radius 1 is 1.22 bits per heavy atom. The molecule has 2 heterocycles. The van der Waals surface area contributed by atoms with E-state index in [1.807, 2.05) is 30.6 Å². The Morgan fingerprint density at radius 2 is 2.11 bits per heavy atom. The number of halogens is 1. The summed E-state index contributed by atoms with van der Waals surface area (Å²) in [6.45, 7) is 0. The van der Waals surface area contributed by atoms with Crippen LogP contribution >= 0.6 is 15.9 Å². The van der Waals surface area contributed by atoms with Gasteiger partial charge in [0.1, 0.15) is 5.65 Å². The predicted molar refractivity (Wildman–Crippen MR) is 73.9 cm³/mol. The molecule has 2 aromatic heterocycles. The maximum absolute atomic E-state index is 8.91. The molecule has 1 aromatic carbocycles. The molecule has 0 aliphatic heterocycles. The van der Waals surface area contributed by atoms with Crippen molar-refractivity contribution < 1.29 is 0 Å². The number of rotatable bonds is 1. The lowest BCUT2D eigenvalue weighted by Crippen LogP contribution is -1.83. The van der Waals surface area contributed by atoms with Crippen molar-refractivity contribution in [1.82, 2.24) is 9.97 Å². The van der Waals surface area contributed by atoms with Crippen molar-refractivity contribution in [3.8, 4) is 17.2 Å². The first kappa shape index (κ1) is 11.0. The van der Waals surface area contributed by atoms with Gasteiger partial charge in [-0.3, -0.25) is 0 Å². The number of nitrogens with zero attached hydrogens (tertiary/aromatic N) is 2. The molecule has 0 aliphatic carbocycles. The number of benzene rings is 1. The highest BCUT2D eigenvalue weighted by atomic mass is 79.9. The van der Waals surface area contributed by atoms with Crippen LogP contribution < -0.4 is 0 Å². The van der Waals surface area contributed by atoms with E-state index >= 15 is 0 Å². The Bertz CT molecular complexity index is 768. The molecule has 0 atom stereocenters. The molecule has 4 heteroatoms. The highest BCUT2D eigenvalue weighted by Gasteiger charge is 2.05. The summed E-state index contributed by atoms with van der Waals surface area (Å²) in [5.41, 5.74) is 3.50. The van der Waals surface area contributed by atoms with Crippen molar-refractivity contribution in [2.45, 2.75) is 0 Å². The number of fused-ring (bicyclic) bond motifs is 1. The van der Waals surface area contributed by atoms with Gasteiger partial charge in [0.05, 0.1) is 11.6 Å². The first-order valence-corrected chi connectivity index (χ1v) is 6.20. The molecule has 0 radical (unpaired) electrons. The van der Waals surface area contributed by atoms with E-state index in [1.165, 1.54) is 0 Å². The van der Waals surface area contributed by atoms with E-state index in [2.05, 4.69) is 38.0 Å². The van der Waals surface area contributed by atoms with Gasteiger partial charge in [0.15, 0.2) is 0 Å². The van der Waals surface area contributed by atoms with Crippen LogP contribution in [-0.4, -0.2) is 9.97 Å². The lowest BCUT2D eigenvalue weighted by molar-refractivity contribution is 1.32. The van der Waals surface area contributed by atoms with Gasteiger partial charge < -0.3 is 4.98 Å². The molecule has 0 saturated heterocycles. The molecule has 3 aromatic rings. The molecule has 0 amide bonds. The van der Waals surface area contributed by atoms with Crippen LogP contribution in [0.4, 0.5) is 0 Å². The summed E-state index contributed by atoms with van der Waals surface area (Å²) in [6, 6.07) is 11.7. The fourth-order valence-electron chi connectivity index (χ4n) is 1.90. The monoisotopic (exact) mass is 297 g/mol. The van der Waals surface area contributed by atoms with Gasteiger partial charge in [0.25, 0.3) is 0 Å². The number of H-pyrrole nitrogens is 1. The standard InChI is InChI=1S/C14H8BrN3/c15-13-8-18-14-12(13)5-11(7-17-14)10-3-1-2-9(4-10)6-16/h1-5,7-8H,(H,17,18). The molecule has 18 heavy (non-hydrogen) atoms. The number of pyridine rings is 1. The topological polar surface area (TPSA) is 52.5 Å². The smallest absolute Gasteiger partial charge is 0.138 e. The quantitative estimate of drug-likeness (QED) is 0.741. The second kappa shape index (κ2) is 4.28. The van der Waals surface area contributed by atoms with Crippen LogP contribution in [0, 0.1) is 11.3 Å². The van der Waals surface area contributed by atoms with Crippen molar-refractivity contribution in [2.24, 2.45) is 0 Å². The normalized spacial score (nSPS) is 10.4. The second-order valence-electron chi connectivity index (χ2n) is 3.95. The molecule has 0 fully saturated rings. The molecular weight excluding hydrogens is 290 g/mol. The first-order chi connectivity index (χ1) is 8.78. The number of aromatic amines is 1. The average molecular weight is 298 g/mol. The Hall–Kier alpha value is -2.12. The van der Waals surface area contributed by atoms with Crippen molar-refractivity contribution in [2.75, 3.05) is 0 Å². The summed E-state index contributed by atoms with van der Waals surface area (Å²) in [5.74, 6) is 0. The summed E-state index contributed by atoms with van der Waals surface area (Å²) in [7, 11) is 0. The number of aromatic nitrogens is 2. The minimum atomic E-state index is 0.653. The van der Waals surface area contributed by atoms with E-state index in [1.54, 1.807) is 6.07 Å². The molecule has 86 valence electrons. The van der Waals surface area contributed by atoms with Crippen LogP contribution in [-0.2, 0) is 0 Å². The van der Waals surface area contributed by atoms with Crippen LogP contribution in [0.15, 0.2) is 47.2 Å². The van der Waals surface area contributed by atoms with Gasteiger partial charge in [0.2, 0.25) is 0 Å². The minimum absolute atomic E-state index is 0.653. The molecular formula is C14H8BrN3. The largest absolute Gasteiger partial charge is 0.345 e. The third-order valence-corrected chi connectivity index (χ3v) is 3.46. The fourth-order valence-corrected chi connectivity index (χ4v) is 2.31. The van der Waals surface area contributed by atoms with Crippen LogP contribution in [0.3, 0.4) is 0 Å². The third-order valence-electron chi connectivity index (χ3n) is 2.81. The minimum Gasteiger partial charge on any atom is -0.345 e. The van der Waals surface area contributed by atoms with Gasteiger partial charge in [-0.2, -0.15) is 5.26 Å². The van der Waals surface area contributed by atoms with Crippen LogP contribution in [0.25, 0.3) is 22.2 Å². The summed E-state index contributed by atoms with van der Waals surface area (Å²) < 4.78 is 0.989. The Labute approximate surface area is 112 Å². The highest BCUT2D eigenvalue weighted by Crippen LogP contribution is 2.27. The molecule has 0 saturated carbocycles. The summed E-state index contributed by atoms with van der Waals surface area (Å²) in [5, 5.41) is 9.95. The van der Waals surface area contributed by atoms with Gasteiger partial charge in [-0.25, -0.2) is 4.98 Å². The van der Waals surface area contributed by atoms with Crippen LogP contribution in [0.5, 0.6) is 0 Å². The van der Waals surface area contributed by atoms with Crippen molar-refractivity contribution in [3.05, 3.63) is 52.8 Å². The van der Waals surface area contributed by atoms with E-state index < -0.39 is 0 Å². The predicted octanol–water partition coefficient (Wildman–Crippen LogP) is 3.86. The van der Waals surface area contributed by atoms with Gasteiger partial charge in [-0.15, -0.1) is 0 Å². The van der Waals surface area contributed by atoms with Crippen LogP contribution in [0.1, 0.15) is 5.56 Å². The van der Waals surface area contributed by atoms with Crippen molar-refractivity contribution in [1.29, 1.82) is 5.26 Å². The lowest BCUT2D eigenvalue weighted by atomic mass is 10.0. The average Bonchev–Trinajstić information content (AvgIpc) is 2.80. The molecule has 0 unspecified atom stereocenters. The molecule has 1 N–H and O–H groups in total. The first-order valence-electron chi connectivity index (χ1n) is 5.41. The SMILES string of the molecule is N#Cc1cccc(-c2cnc3[nH]cc(Br)c3c2)c1. The van der Waals surface area contributed by atoms with E-state index in [-0.39, 0.29) is 0 Å². The Morgan fingerprint density at radius 3 is 2.94 bits per heavy atom. The Balaban J connectivity index is 2.19. The highest BCUT2D eigenvalue weighted by molar-refractivity contribution is 9.10. The van der Waals surface area contributed by atoms with Crippen molar-refractivity contribution >= 4 is 27.0 Å². The van der Waals surface area contributed by atoms with E-state index in [4.69, 9.17) is 5.26 Å². The second-order valence-corrected chi connectivity index (χ2v) is 4.80. The molecule has 0 aliphatic rings. The van der Waals surface area contributed by atoms with Gasteiger partial charge in [-0.05, 0) is 39.7 Å². The Kier molecular flexibility index (Phi) is 2.62. The number of hydrogen-bond acceptors (Lipinski definition) is 2. The molecule has 3 nitrogen and oxygen atoms in total. The third kappa shape index (κ3) is 1.79. The number of hydrogen-bond donors (Lipinski definition) is 1. The van der Waals surface area contributed by atoms with Gasteiger partial charge >= 0.3 is 0 Å². The zero-order valence-electron chi connectivity index (χ0n) is 9.31. The molecule has 0 bridgehead atoms. The molecule has 3 rings (SSSR count). The summed E-state index contributed by atoms with van der Waals surface area (Å²) in [6.07, 6.45) is 3.68. The zero-order chi connectivity index (χ0) is 12.5. The van der Waals surface area contributed by atoms with Gasteiger partial charge in [-0.1, -0.05) is 12.1 Å². The fraction of sp³-hybridized carbons (Fsp3) is 0. The van der Waals surface area contributed by atoms with E-state index in [0.29, 0.717) is 5.56 Å². The maximum atomic E-state index is 8.91. The van der Waals surface area contributed by atoms with Gasteiger partial charge in [0, 0.05) is 27.8 Å². The zero-order valence-corrected chi connectivity index (χ0v) is 10.9. The summed E-state index contributed by atoms with van der Waals surface area (Å²) in [4.78, 5) is 7.44. The summed E-state index contributed by atoms with van der Waals surface area (Å²) >= 11 is 3.48. The van der Waals surface area contributed by atoms with Crippen LogP contribution in [0.2, 0.25) is 0 Å². The lowest BCUT2D eigenvalue weighted by Gasteiger charge is -2.02. The number of nitriles is 1. The van der Waals surface area contributed by atoms with Crippen molar-refractivity contribution in [3.63, 3.8) is 0 Å². The van der Waals surface area contributed by atoms with E-state index in [9.17, 15) is 0 Å². The van der Waals surface area contributed by atoms with E-state index in [0.717, 1.165) is 26.6 Å². The molecule has 0 spiro atoms. The maximum Gasteiger partial charge on any atom is 0.138 e.